The lowest BCUT2D eigenvalue weighted by molar-refractivity contribution is 0.0531. The molecule has 0 amide bonds. The van der Waals surface area contributed by atoms with Crippen LogP contribution < -0.4 is 5.73 Å². The second-order valence-corrected chi connectivity index (χ2v) is 5.65. The maximum atomic E-state index is 12.3. The maximum absolute atomic E-state index is 12.3. The van der Waals surface area contributed by atoms with Crippen LogP contribution in [-0.4, -0.2) is 26.4 Å². The monoisotopic (exact) mass is 277 g/mol. The molecule has 0 aliphatic heterocycles. The highest BCUT2D eigenvalue weighted by atomic mass is 16.6. The number of hydrogen-bond acceptors (Lipinski definition) is 5. The minimum absolute atomic E-state index is 0.239. The average Bonchev–Trinajstić information content (AvgIpc) is 2.71. The molecular weight excluding hydrogens is 258 g/mol. The van der Waals surface area contributed by atoms with Gasteiger partial charge in [-0.25, -0.2) is 14.3 Å². The number of fused-ring (bicyclic) bond motifs is 1. The highest BCUT2D eigenvalue weighted by molar-refractivity contribution is 5.91. The van der Waals surface area contributed by atoms with Crippen LogP contribution in [0.25, 0.3) is 11.0 Å². The number of aryl methyl sites for hydroxylation is 1. The number of hydrogen-bond donors (Lipinski definition) is 2. The number of nitrogen functional groups attached to an aromatic ring is 1. The summed E-state index contributed by atoms with van der Waals surface area (Å²) in [4.78, 5) is 16.5. The predicted octanol–water partition coefficient (Wildman–Crippen LogP) is 2.20. The molecule has 1 aromatic heterocycles. The van der Waals surface area contributed by atoms with Crippen LogP contribution in [0.1, 0.15) is 32.2 Å². The number of nitrogens with zero attached hydrogens (tertiary/aromatic N) is 2. The fourth-order valence-electron chi connectivity index (χ4n) is 1.96. The second-order valence-electron chi connectivity index (χ2n) is 5.65. The number of carbonyl (C=O) groups excluding carboxylic acids is 1. The fraction of sp³-hybridized carbons (Fsp3) is 0.429. The molecule has 0 atom stereocenters. The van der Waals surface area contributed by atoms with Gasteiger partial charge in [-0.05, 0) is 45.4 Å². The first-order valence-electron chi connectivity index (χ1n) is 6.35. The molecule has 3 N–H and O–H groups in total. The molecule has 0 saturated carbocycles. The van der Waals surface area contributed by atoms with E-state index in [0.29, 0.717) is 16.7 Å². The molecule has 0 aliphatic carbocycles. The van der Waals surface area contributed by atoms with Gasteiger partial charge in [-0.1, -0.05) is 0 Å². The van der Waals surface area contributed by atoms with Crippen molar-refractivity contribution in [3.8, 4) is 0 Å². The highest BCUT2D eigenvalue weighted by Crippen LogP contribution is 2.25. The number of benzene rings is 1. The first-order chi connectivity index (χ1) is 9.24. The molecule has 20 heavy (non-hydrogen) atoms. The van der Waals surface area contributed by atoms with Gasteiger partial charge in [-0.15, -0.1) is 0 Å². The SMILES string of the molecule is Cc1c(N)ccc2c1nc(CO)n2C(=O)OC(C)(C)C. The van der Waals surface area contributed by atoms with Crippen LogP contribution in [0, 0.1) is 6.92 Å². The van der Waals surface area contributed by atoms with Gasteiger partial charge in [0, 0.05) is 5.69 Å². The molecule has 108 valence electrons. The Bertz CT molecular complexity index is 668. The van der Waals surface area contributed by atoms with E-state index in [9.17, 15) is 9.90 Å². The summed E-state index contributed by atoms with van der Waals surface area (Å²) in [6, 6.07) is 3.41. The summed E-state index contributed by atoms with van der Waals surface area (Å²) in [5.41, 5.74) is 7.76. The summed E-state index contributed by atoms with van der Waals surface area (Å²) in [5, 5.41) is 9.40. The molecule has 0 unspecified atom stereocenters. The van der Waals surface area contributed by atoms with Crippen LogP contribution in [0.2, 0.25) is 0 Å². The molecule has 6 nitrogen and oxygen atoms in total. The Morgan fingerprint density at radius 1 is 1.45 bits per heavy atom. The lowest BCUT2D eigenvalue weighted by atomic mass is 10.1. The van der Waals surface area contributed by atoms with Gasteiger partial charge in [0.05, 0.1) is 11.0 Å². The quantitative estimate of drug-likeness (QED) is 0.780. The van der Waals surface area contributed by atoms with E-state index < -0.39 is 11.7 Å². The first kappa shape index (κ1) is 14.3. The van der Waals surface area contributed by atoms with E-state index in [1.54, 1.807) is 32.9 Å². The van der Waals surface area contributed by atoms with Gasteiger partial charge in [-0.2, -0.15) is 0 Å². The van der Waals surface area contributed by atoms with Crippen LogP contribution in [0.3, 0.4) is 0 Å². The number of aliphatic hydroxyl groups is 1. The number of aliphatic hydroxyl groups excluding tert-OH is 1. The lowest BCUT2D eigenvalue weighted by Crippen LogP contribution is -2.28. The Kier molecular flexibility index (Phi) is 3.43. The van der Waals surface area contributed by atoms with Crippen LogP contribution in [-0.2, 0) is 11.3 Å². The van der Waals surface area contributed by atoms with Gasteiger partial charge in [0.2, 0.25) is 0 Å². The van der Waals surface area contributed by atoms with Crippen molar-refractivity contribution in [2.45, 2.75) is 39.9 Å². The van der Waals surface area contributed by atoms with Crippen molar-refractivity contribution in [3.63, 3.8) is 0 Å². The van der Waals surface area contributed by atoms with E-state index in [1.165, 1.54) is 4.57 Å². The molecule has 0 aliphatic rings. The van der Waals surface area contributed by atoms with Gasteiger partial charge < -0.3 is 15.6 Å². The van der Waals surface area contributed by atoms with E-state index in [2.05, 4.69) is 4.98 Å². The topological polar surface area (TPSA) is 90.4 Å². The number of nitrogens with two attached hydrogens (primary N) is 1. The van der Waals surface area contributed by atoms with Crippen LogP contribution in [0.5, 0.6) is 0 Å². The smallest absolute Gasteiger partial charge is 0.420 e. The van der Waals surface area contributed by atoms with Crippen molar-refractivity contribution >= 4 is 22.8 Å². The van der Waals surface area contributed by atoms with E-state index >= 15 is 0 Å². The molecule has 0 spiro atoms. The van der Waals surface area contributed by atoms with Gasteiger partial charge in [-0.3, -0.25) is 0 Å². The first-order valence-corrected chi connectivity index (χ1v) is 6.35. The van der Waals surface area contributed by atoms with E-state index in [4.69, 9.17) is 10.5 Å². The van der Waals surface area contributed by atoms with Crippen molar-refractivity contribution in [2.75, 3.05) is 5.73 Å². The van der Waals surface area contributed by atoms with Crippen LogP contribution in [0.15, 0.2) is 12.1 Å². The fourth-order valence-corrected chi connectivity index (χ4v) is 1.96. The predicted molar refractivity (Wildman–Crippen MR) is 76.4 cm³/mol. The van der Waals surface area contributed by atoms with E-state index in [-0.39, 0.29) is 12.4 Å². The third-order valence-electron chi connectivity index (χ3n) is 2.91. The lowest BCUT2D eigenvalue weighted by Gasteiger charge is -2.20. The van der Waals surface area contributed by atoms with Crippen molar-refractivity contribution < 1.29 is 14.6 Å². The highest BCUT2D eigenvalue weighted by Gasteiger charge is 2.23. The average molecular weight is 277 g/mol. The Labute approximate surface area is 117 Å². The molecule has 6 heteroatoms. The van der Waals surface area contributed by atoms with Crippen molar-refractivity contribution in [1.29, 1.82) is 0 Å². The zero-order chi connectivity index (χ0) is 15.1. The molecule has 1 heterocycles. The second kappa shape index (κ2) is 4.79. The Morgan fingerprint density at radius 2 is 2.10 bits per heavy atom. The van der Waals surface area contributed by atoms with Crippen LogP contribution in [0.4, 0.5) is 10.5 Å². The molecule has 2 aromatic rings. The third-order valence-corrected chi connectivity index (χ3v) is 2.91. The maximum Gasteiger partial charge on any atom is 0.420 e. The summed E-state index contributed by atoms with van der Waals surface area (Å²) in [7, 11) is 0. The normalized spacial score (nSPS) is 11.8. The zero-order valence-electron chi connectivity index (χ0n) is 12.1. The van der Waals surface area contributed by atoms with Crippen molar-refractivity contribution in [1.82, 2.24) is 9.55 Å². The summed E-state index contributed by atoms with van der Waals surface area (Å²) in [5.74, 6) is 0.239. The van der Waals surface area contributed by atoms with Gasteiger partial charge in [0.25, 0.3) is 0 Å². The number of aromatic nitrogens is 2. The van der Waals surface area contributed by atoms with Crippen molar-refractivity contribution in [2.24, 2.45) is 0 Å². The molecule has 0 bridgehead atoms. The third kappa shape index (κ3) is 2.46. The molecule has 1 aromatic carbocycles. The largest absolute Gasteiger partial charge is 0.443 e. The van der Waals surface area contributed by atoms with Gasteiger partial charge in [0.1, 0.15) is 18.0 Å². The van der Waals surface area contributed by atoms with Gasteiger partial charge in [0.15, 0.2) is 0 Å². The molecule has 0 fully saturated rings. The Balaban J connectivity index is 2.63. The number of anilines is 1. The number of ether oxygens (including phenoxy) is 1. The van der Waals surface area contributed by atoms with Gasteiger partial charge >= 0.3 is 6.09 Å². The summed E-state index contributed by atoms with van der Waals surface area (Å²) >= 11 is 0. The molecule has 0 radical (unpaired) electrons. The molecule has 2 rings (SSSR count). The Hall–Kier alpha value is -2.08. The standard InChI is InChI=1S/C14H19N3O3/c1-8-9(15)5-6-10-12(8)16-11(7-18)17(10)13(19)20-14(2,3)4/h5-6,18H,7,15H2,1-4H3. The number of carbonyl (C=O) groups is 1. The number of rotatable bonds is 1. The minimum atomic E-state index is -0.622. The summed E-state index contributed by atoms with van der Waals surface area (Å²) in [6.07, 6.45) is -0.562. The van der Waals surface area contributed by atoms with E-state index in [0.717, 1.165) is 5.56 Å². The Morgan fingerprint density at radius 3 is 2.65 bits per heavy atom. The van der Waals surface area contributed by atoms with Crippen LogP contribution >= 0.6 is 0 Å². The molecule has 0 saturated heterocycles. The minimum Gasteiger partial charge on any atom is -0.443 e. The zero-order valence-corrected chi connectivity index (χ0v) is 12.1. The summed E-state index contributed by atoms with van der Waals surface area (Å²) < 4.78 is 6.63. The summed E-state index contributed by atoms with van der Waals surface area (Å²) in [6.45, 7) is 6.82. The number of imidazole rings is 1. The van der Waals surface area contributed by atoms with Crippen molar-refractivity contribution in [3.05, 3.63) is 23.5 Å². The molecular formula is C14H19N3O3. The van der Waals surface area contributed by atoms with E-state index in [1.807, 2.05) is 6.92 Å².